The summed E-state index contributed by atoms with van der Waals surface area (Å²) in [7, 11) is 1.80. The fourth-order valence-electron chi connectivity index (χ4n) is 0.720. The van der Waals surface area contributed by atoms with Crippen LogP contribution in [0.25, 0.3) is 0 Å². The van der Waals surface area contributed by atoms with E-state index in [1.807, 2.05) is 0 Å². The molecule has 0 bridgehead atoms. The molecule has 0 amide bonds. The van der Waals surface area contributed by atoms with Gasteiger partial charge >= 0.3 is 0 Å². The largest absolute Gasteiger partial charge is 0.474 e. The Morgan fingerprint density at radius 3 is 3.08 bits per heavy atom. The minimum absolute atomic E-state index is 0.188. The van der Waals surface area contributed by atoms with E-state index in [1.54, 1.807) is 24.0 Å². The number of nitrogens with zero attached hydrogens (tertiary/aromatic N) is 2. The lowest BCUT2D eigenvalue weighted by Crippen LogP contribution is -2.26. The molecule has 1 aromatic heterocycles. The molecule has 12 heavy (non-hydrogen) atoms. The van der Waals surface area contributed by atoms with E-state index in [0.29, 0.717) is 5.88 Å². The topological polar surface area (TPSA) is 73.3 Å². The fraction of sp³-hybridized carbons (Fsp3) is 0.571. The molecule has 1 atom stereocenters. The van der Waals surface area contributed by atoms with E-state index in [-0.39, 0.29) is 13.2 Å². The highest BCUT2D eigenvalue weighted by Gasteiger charge is 2.03. The standard InChI is InChI=1S/C7H13N3O2/c1-10-3-2-7(9-10)12-5-6(11)4-8/h2-3,6,11H,4-5,8H2,1H3. The van der Waals surface area contributed by atoms with E-state index in [1.165, 1.54) is 0 Å². The molecule has 68 valence electrons. The van der Waals surface area contributed by atoms with E-state index < -0.39 is 6.10 Å². The van der Waals surface area contributed by atoms with Crippen molar-refractivity contribution in [3.8, 4) is 5.88 Å². The Morgan fingerprint density at radius 1 is 1.83 bits per heavy atom. The maximum absolute atomic E-state index is 9.04. The molecule has 0 saturated heterocycles. The number of hydrogen-bond donors (Lipinski definition) is 2. The number of ether oxygens (including phenoxy) is 1. The Labute approximate surface area is 70.7 Å². The fourth-order valence-corrected chi connectivity index (χ4v) is 0.720. The molecule has 0 aliphatic rings. The van der Waals surface area contributed by atoms with Crippen LogP contribution in [-0.2, 0) is 7.05 Å². The van der Waals surface area contributed by atoms with E-state index in [4.69, 9.17) is 15.6 Å². The predicted octanol–water partition coefficient (Wildman–Crippen LogP) is -0.881. The van der Waals surface area contributed by atoms with Crippen LogP contribution in [0.2, 0.25) is 0 Å². The Balaban J connectivity index is 2.33. The van der Waals surface area contributed by atoms with Gasteiger partial charge in [-0.05, 0) is 0 Å². The van der Waals surface area contributed by atoms with E-state index >= 15 is 0 Å². The molecule has 5 heteroatoms. The molecule has 0 saturated carbocycles. The monoisotopic (exact) mass is 171 g/mol. The number of aliphatic hydroxyl groups excluding tert-OH is 1. The molecule has 0 spiro atoms. The average molecular weight is 171 g/mol. The molecule has 1 heterocycles. The number of rotatable bonds is 4. The number of hydrogen-bond acceptors (Lipinski definition) is 4. The highest BCUT2D eigenvalue weighted by atomic mass is 16.5. The van der Waals surface area contributed by atoms with E-state index in [9.17, 15) is 0 Å². The van der Waals surface area contributed by atoms with Gasteiger partial charge in [0.2, 0.25) is 5.88 Å². The summed E-state index contributed by atoms with van der Waals surface area (Å²) < 4.78 is 6.75. The van der Waals surface area contributed by atoms with Gasteiger partial charge in [-0.3, -0.25) is 4.68 Å². The molecule has 1 unspecified atom stereocenters. The van der Waals surface area contributed by atoms with Crippen molar-refractivity contribution in [2.75, 3.05) is 13.2 Å². The van der Waals surface area contributed by atoms with Crippen LogP contribution < -0.4 is 10.5 Å². The molecule has 0 aromatic carbocycles. The molecule has 1 rings (SSSR count). The van der Waals surface area contributed by atoms with E-state index in [0.717, 1.165) is 0 Å². The molecule has 5 nitrogen and oxygen atoms in total. The van der Waals surface area contributed by atoms with Crippen LogP contribution in [0.1, 0.15) is 0 Å². The highest BCUT2D eigenvalue weighted by Crippen LogP contribution is 2.03. The second-order valence-electron chi connectivity index (χ2n) is 2.53. The predicted molar refractivity (Wildman–Crippen MR) is 43.8 cm³/mol. The molecule has 0 fully saturated rings. The zero-order chi connectivity index (χ0) is 8.97. The second kappa shape index (κ2) is 4.08. The molecule has 0 aliphatic heterocycles. The second-order valence-corrected chi connectivity index (χ2v) is 2.53. The van der Waals surface area contributed by atoms with Gasteiger partial charge < -0.3 is 15.6 Å². The summed E-state index contributed by atoms with van der Waals surface area (Å²) >= 11 is 0. The molecule has 3 N–H and O–H groups in total. The third-order valence-corrected chi connectivity index (χ3v) is 1.38. The summed E-state index contributed by atoms with van der Waals surface area (Å²) in [5.41, 5.74) is 5.19. The van der Waals surface area contributed by atoms with Crippen LogP contribution >= 0.6 is 0 Å². The van der Waals surface area contributed by atoms with Gasteiger partial charge in [-0.15, -0.1) is 5.10 Å². The first-order valence-corrected chi connectivity index (χ1v) is 3.73. The molecule has 0 radical (unpaired) electrons. The molecule has 1 aromatic rings. The summed E-state index contributed by atoms with van der Waals surface area (Å²) in [6.07, 6.45) is 1.15. The van der Waals surface area contributed by atoms with Crippen molar-refractivity contribution >= 4 is 0 Å². The third kappa shape index (κ3) is 2.52. The summed E-state index contributed by atoms with van der Waals surface area (Å²) in [5.74, 6) is 0.505. The van der Waals surface area contributed by atoms with Gasteiger partial charge in [0.15, 0.2) is 0 Å². The number of aliphatic hydroxyl groups is 1. The SMILES string of the molecule is Cn1ccc(OCC(O)CN)n1. The maximum atomic E-state index is 9.04. The zero-order valence-electron chi connectivity index (χ0n) is 6.97. The van der Waals surface area contributed by atoms with Gasteiger partial charge in [0.25, 0.3) is 0 Å². The summed E-state index contributed by atoms with van der Waals surface area (Å²) in [6, 6.07) is 1.73. The lowest BCUT2D eigenvalue weighted by atomic mass is 10.4. The van der Waals surface area contributed by atoms with E-state index in [2.05, 4.69) is 5.10 Å². The van der Waals surface area contributed by atoms with Crippen molar-refractivity contribution in [1.29, 1.82) is 0 Å². The van der Waals surface area contributed by atoms with Crippen molar-refractivity contribution in [3.63, 3.8) is 0 Å². The summed E-state index contributed by atoms with van der Waals surface area (Å²) in [4.78, 5) is 0. The van der Waals surface area contributed by atoms with Crippen LogP contribution in [0, 0.1) is 0 Å². The Bertz CT molecular complexity index is 236. The lowest BCUT2D eigenvalue weighted by molar-refractivity contribution is 0.111. The minimum Gasteiger partial charge on any atom is -0.474 e. The van der Waals surface area contributed by atoms with Crippen molar-refractivity contribution in [2.45, 2.75) is 6.10 Å². The van der Waals surface area contributed by atoms with Crippen LogP contribution in [0.5, 0.6) is 5.88 Å². The van der Waals surface area contributed by atoms with Gasteiger partial charge in [0.05, 0.1) is 0 Å². The van der Waals surface area contributed by atoms with Crippen LogP contribution in [0.4, 0.5) is 0 Å². The normalized spacial score (nSPS) is 12.9. The Kier molecular flexibility index (Phi) is 3.07. The van der Waals surface area contributed by atoms with Gasteiger partial charge in [0, 0.05) is 25.9 Å². The number of aryl methyl sites for hydroxylation is 1. The van der Waals surface area contributed by atoms with Crippen molar-refractivity contribution < 1.29 is 9.84 Å². The molecule has 0 aliphatic carbocycles. The van der Waals surface area contributed by atoms with Crippen molar-refractivity contribution in [2.24, 2.45) is 12.8 Å². The first-order chi connectivity index (χ1) is 5.72. The quantitative estimate of drug-likeness (QED) is 0.617. The van der Waals surface area contributed by atoms with Gasteiger partial charge in [-0.2, -0.15) is 0 Å². The minimum atomic E-state index is -0.619. The zero-order valence-corrected chi connectivity index (χ0v) is 6.97. The number of nitrogens with two attached hydrogens (primary N) is 1. The summed E-state index contributed by atoms with van der Waals surface area (Å²) in [5, 5.41) is 13.0. The molecular formula is C7H13N3O2. The lowest BCUT2D eigenvalue weighted by Gasteiger charge is -2.06. The Morgan fingerprint density at radius 2 is 2.58 bits per heavy atom. The van der Waals surface area contributed by atoms with Gasteiger partial charge in [-0.25, -0.2) is 0 Å². The Hall–Kier alpha value is -1.07. The first kappa shape index (κ1) is 9.02. The first-order valence-electron chi connectivity index (χ1n) is 3.73. The van der Waals surface area contributed by atoms with Crippen LogP contribution in [0.15, 0.2) is 12.3 Å². The van der Waals surface area contributed by atoms with Crippen LogP contribution in [-0.4, -0.2) is 34.1 Å². The number of aromatic nitrogens is 2. The smallest absolute Gasteiger partial charge is 0.232 e. The van der Waals surface area contributed by atoms with Crippen LogP contribution in [0.3, 0.4) is 0 Å². The van der Waals surface area contributed by atoms with Crippen molar-refractivity contribution in [1.82, 2.24) is 9.78 Å². The van der Waals surface area contributed by atoms with Gasteiger partial charge in [-0.1, -0.05) is 0 Å². The highest BCUT2D eigenvalue weighted by molar-refractivity contribution is 5.05. The maximum Gasteiger partial charge on any atom is 0.232 e. The molecular weight excluding hydrogens is 158 g/mol. The third-order valence-electron chi connectivity index (χ3n) is 1.38. The van der Waals surface area contributed by atoms with Gasteiger partial charge in [0.1, 0.15) is 12.7 Å². The summed E-state index contributed by atoms with van der Waals surface area (Å²) in [6.45, 7) is 0.389. The van der Waals surface area contributed by atoms with Crippen molar-refractivity contribution in [3.05, 3.63) is 12.3 Å². The average Bonchev–Trinajstić information content (AvgIpc) is 2.47.